The number of amides is 1. The Morgan fingerprint density at radius 3 is 2.49 bits per heavy atom. The van der Waals surface area contributed by atoms with Gasteiger partial charge in [-0.05, 0) is 73.9 Å². The number of rotatable bonds is 5. The smallest absolute Gasteiger partial charge is 0.406 e. The van der Waals surface area contributed by atoms with Gasteiger partial charge < -0.3 is 25.8 Å². The van der Waals surface area contributed by atoms with Crippen LogP contribution in [0.4, 0.5) is 24.7 Å². The van der Waals surface area contributed by atoms with E-state index in [2.05, 4.69) is 15.0 Å². The third kappa shape index (κ3) is 6.78. The second-order valence-electron chi connectivity index (χ2n) is 9.36. The quantitative estimate of drug-likeness (QED) is 0.524. The van der Waals surface area contributed by atoms with Crippen LogP contribution in [-0.4, -0.2) is 52.5 Å². The van der Waals surface area contributed by atoms with E-state index in [9.17, 15) is 23.1 Å². The lowest BCUT2D eigenvalue weighted by Gasteiger charge is -2.33. The normalized spacial score (nSPS) is 21.9. The molecule has 1 aromatic heterocycles. The third-order valence-corrected chi connectivity index (χ3v) is 6.78. The summed E-state index contributed by atoms with van der Waals surface area (Å²) in [5, 5.41) is 13.6. The van der Waals surface area contributed by atoms with Crippen molar-refractivity contribution in [3.05, 3.63) is 47.7 Å². The van der Waals surface area contributed by atoms with Gasteiger partial charge in [0.1, 0.15) is 11.6 Å². The first-order valence-electron chi connectivity index (χ1n) is 12.0. The number of ether oxygens (including phenoxy) is 1. The van der Waals surface area contributed by atoms with Crippen LogP contribution in [0.2, 0.25) is 0 Å². The Labute approximate surface area is 202 Å². The predicted octanol–water partition coefficient (Wildman–Crippen LogP) is 4.69. The fourth-order valence-corrected chi connectivity index (χ4v) is 4.90. The number of aliphatic hydroxyl groups is 1. The van der Waals surface area contributed by atoms with E-state index in [1.165, 1.54) is 12.1 Å². The van der Waals surface area contributed by atoms with Crippen molar-refractivity contribution < 1.29 is 27.8 Å². The lowest BCUT2D eigenvalue weighted by Crippen LogP contribution is -2.42. The zero-order chi connectivity index (χ0) is 25.0. The Bertz CT molecular complexity index is 1010. The number of hydrogen-bond donors (Lipinski definition) is 3. The van der Waals surface area contributed by atoms with E-state index in [1.54, 1.807) is 11.1 Å². The molecule has 0 spiro atoms. The van der Waals surface area contributed by atoms with E-state index in [-0.39, 0.29) is 29.7 Å². The van der Waals surface area contributed by atoms with Crippen LogP contribution in [0.5, 0.6) is 5.75 Å². The number of halogens is 3. The molecule has 1 aliphatic heterocycles. The SMILES string of the molecule is Nc1ncc(C2CCCCC(O)C2)cc1NC1CCN(C(=O)c2ccc(OC(F)(F)F)cc2)CC1. The molecule has 2 aliphatic rings. The minimum atomic E-state index is -4.77. The van der Waals surface area contributed by atoms with E-state index in [1.807, 2.05) is 6.07 Å². The van der Waals surface area contributed by atoms with Gasteiger partial charge in [-0.3, -0.25) is 4.79 Å². The maximum absolute atomic E-state index is 12.8. The van der Waals surface area contributed by atoms with Gasteiger partial charge in [-0.15, -0.1) is 13.2 Å². The first-order chi connectivity index (χ1) is 16.7. The molecule has 2 atom stereocenters. The van der Waals surface area contributed by atoms with Gasteiger partial charge in [0.15, 0.2) is 0 Å². The number of carbonyl (C=O) groups excluding carboxylic acids is 1. The number of benzene rings is 1. The fraction of sp³-hybridized carbons (Fsp3) is 0.520. The summed E-state index contributed by atoms with van der Waals surface area (Å²) in [6.07, 6.45) is 2.86. The molecule has 4 rings (SSSR count). The number of aromatic nitrogens is 1. The van der Waals surface area contributed by atoms with E-state index < -0.39 is 6.36 Å². The molecule has 1 amide bonds. The van der Waals surface area contributed by atoms with Crippen molar-refractivity contribution in [3.63, 3.8) is 0 Å². The van der Waals surface area contributed by atoms with Crippen molar-refractivity contribution >= 4 is 17.4 Å². The van der Waals surface area contributed by atoms with Gasteiger partial charge in [0, 0.05) is 30.9 Å². The molecule has 2 aromatic rings. The van der Waals surface area contributed by atoms with Crippen LogP contribution >= 0.6 is 0 Å². The highest BCUT2D eigenvalue weighted by Gasteiger charge is 2.31. The summed E-state index contributed by atoms with van der Waals surface area (Å²) in [7, 11) is 0. The average molecular weight is 493 g/mol. The van der Waals surface area contributed by atoms with Gasteiger partial charge in [-0.25, -0.2) is 4.98 Å². The third-order valence-electron chi connectivity index (χ3n) is 6.78. The Kier molecular flexibility index (Phi) is 7.69. The van der Waals surface area contributed by atoms with Gasteiger partial charge in [-0.2, -0.15) is 0 Å². The molecule has 4 N–H and O–H groups in total. The molecule has 1 aromatic carbocycles. The van der Waals surface area contributed by atoms with E-state index >= 15 is 0 Å². The molecule has 2 fully saturated rings. The predicted molar refractivity (Wildman–Crippen MR) is 126 cm³/mol. The van der Waals surface area contributed by atoms with Gasteiger partial charge >= 0.3 is 6.36 Å². The molecule has 2 unspecified atom stereocenters. The van der Waals surface area contributed by atoms with Crippen molar-refractivity contribution in [2.45, 2.75) is 69.4 Å². The maximum Gasteiger partial charge on any atom is 0.573 e. The lowest BCUT2D eigenvalue weighted by atomic mass is 9.92. The summed E-state index contributed by atoms with van der Waals surface area (Å²) in [6, 6.07) is 7.12. The lowest BCUT2D eigenvalue weighted by molar-refractivity contribution is -0.274. The number of piperidine rings is 1. The minimum Gasteiger partial charge on any atom is -0.406 e. The van der Waals surface area contributed by atoms with Crippen LogP contribution in [-0.2, 0) is 0 Å². The highest BCUT2D eigenvalue weighted by Crippen LogP contribution is 2.34. The molecular formula is C25H31F3N4O3. The fourth-order valence-electron chi connectivity index (χ4n) is 4.90. The van der Waals surface area contributed by atoms with Crippen molar-refractivity contribution in [2.24, 2.45) is 0 Å². The number of hydrogen-bond acceptors (Lipinski definition) is 6. The Balaban J connectivity index is 1.33. The largest absolute Gasteiger partial charge is 0.573 e. The van der Waals surface area contributed by atoms with Crippen LogP contribution in [0.15, 0.2) is 36.5 Å². The summed E-state index contributed by atoms with van der Waals surface area (Å²) in [5.74, 6) is 0.0944. The van der Waals surface area contributed by atoms with Gasteiger partial charge in [0.2, 0.25) is 0 Å². The number of carbonyl (C=O) groups is 1. The topological polar surface area (TPSA) is 101 Å². The maximum atomic E-state index is 12.8. The van der Waals surface area contributed by atoms with Crippen molar-refractivity contribution in [1.29, 1.82) is 0 Å². The van der Waals surface area contributed by atoms with Gasteiger partial charge in [0.05, 0.1) is 11.8 Å². The van der Waals surface area contributed by atoms with Gasteiger partial charge in [0.25, 0.3) is 5.91 Å². The number of likely N-dealkylation sites (tertiary alicyclic amines) is 1. The number of nitrogens with zero attached hydrogens (tertiary/aromatic N) is 2. The summed E-state index contributed by atoms with van der Waals surface area (Å²) in [6.45, 7) is 1.03. The first-order valence-corrected chi connectivity index (χ1v) is 12.0. The summed E-state index contributed by atoms with van der Waals surface area (Å²) in [5.41, 5.74) is 8.29. The van der Waals surface area contributed by atoms with E-state index in [4.69, 9.17) is 5.73 Å². The number of aliphatic hydroxyl groups excluding tert-OH is 1. The summed E-state index contributed by atoms with van der Waals surface area (Å²) < 4.78 is 40.9. The van der Waals surface area contributed by atoms with E-state index in [0.29, 0.717) is 37.3 Å². The molecule has 1 aliphatic carbocycles. The molecule has 1 saturated carbocycles. The molecule has 190 valence electrons. The standard InChI is InChI=1S/C25H31F3N4O3/c26-25(27,28)35-21-7-5-16(6-8-21)24(34)32-11-9-19(10-12-32)31-22-14-18(15-30-23(22)29)17-3-1-2-4-20(33)13-17/h5-8,14-15,17,19-20,31,33H,1-4,9-13H2,(H2,29,30). The van der Waals surface area contributed by atoms with Crippen LogP contribution < -0.4 is 15.8 Å². The van der Waals surface area contributed by atoms with Crippen molar-refractivity contribution in [1.82, 2.24) is 9.88 Å². The van der Waals surface area contributed by atoms with Gasteiger partial charge in [-0.1, -0.05) is 12.8 Å². The van der Waals surface area contributed by atoms with Crippen LogP contribution in [0.3, 0.4) is 0 Å². The molecular weight excluding hydrogens is 461 g/mol. The molecule has 10 heteroatoms. The van der Waals surface area contributed by atoms with Crippen molar-refractivity contribution in [2.75, 3.05) is 24.1 Å². The first kappa shape index (κ1) is 25.1. The molecule has 2 heterocycles. The Hall–Kier alpha value is -3.01. The van der Waals surface area contributed by atoms with Crippen LogP contribution in [0.25, 0.3) is 0 Å². The molecule has 1 saturated heterocycles. The number of alkyl halides is 3. The summed E-state index contributed by atoms with van der Waals surface area (Å²) in [4.78, 5) is 18.9. The number of nitrogens with one attached hydrogen (secondary N) is 1. The number of nitrogens with two attached hydrogens (primary N) is 1. The molecule has 35 heavy (non-hydrogen) atoms. The second kappa shape index (κ2) is 10.7. The van der Waals surface area contributed by atoms with Crippen LogP contribution in [0.1, 0.15) is 66.8 Å². The second-order valence-corrected chi connectivity index (χ2v) is 9.36. The summed E-state index contributed by atoms with van der Waals surface area (Å²) >= 11 is 0. The zero-order valence-corrected chi connectivity index (χ0v) is 19.4. The molecule has 7 nitrogen and oxygen atoms in total. The Morgan fingerprint density at radius 1 is 1.11 bits per heavy atom. The van der Waals surface area contributed by atoms with E-state index in [0.717, 1.165) is 55.5 Å². The highest BCUT2D eigenvalue weighted by atomic mass is 19.4. The van der Waals surface area contributed by atoms with Crippen molar-refractivity contribution in [3.8, 4) is 5.75 Å². The number of pyridine rings is 1. The minimum absolute atomic E-state index is 0.112. The average Bonchev–Trinajstić information content (AvgIpc) is 3.04. The zero-order valence-electron chi connectivity index (χ0n) is 19.4. The highest BCUT2D eigenvalue weighted by molar-refractivity contribution is 5.94. The van der Waals surface area contributed by atoms with Crippen LogP contribution in [0, 0.1) is 0 Å². The monoisotopic (exact) mass is 492 g/mol. The Morgan fingerprint density at radius 2 is 1.80 bits per heavy atom. The number of nitrogen functional groups attached to an aromatic ring is 1. The number of anilines is 2. The molecule has 0 radical (unpaired) electrons. The molecule has 0 bridgehead atoms.